The van der Waals surface area contributed by atoms with Crippen LogP contribution in [0.4, 0.5) is 0 Å². The van der Waals surface area contributed by atoms with E-state index < -0.39 is 0 Å². The van der Waals surface area contributed by atoms with Crippen LogP contribution in [0.3, 0.4) is 0 Å². The molecular formula is C12H22N2S. The molecule has 3 heteroatoms. The van der Waals surface area contributed by atoms with Crippen LogP contribution in [0.2, 0.25) is 0 Å². The average Bonchev–Trinajstić information content (AvgIpc) is 2.58. The van der Waals surface area contributed by atoms with E-state index in [1.54, 1.807) is 0 Å². The lowest BCUT2D eigenvalue weighted by Crippen LogP contribution is -2.29. The molecule has 1 rings (SSSR count). The van der Waals surface area contributed by atoms with Crippen LogP contribution in [-0.4, -0.2) is 31.6 Å². The number of rotatable bonds is 6. The van der Waals surface area contributed by atoms with E-state index in [-0.39, 0.29) is 0 Å². The van der Waals surface area contributed by atoms with Crippen molar-refractivity contribution in [2.75, 3.05) is 20.6 Å². The van der Waals surface area contributed by atoms with Gasteiger partial charge in [-0.25, -0.2) is 0 Å². The summed E-state index contributed by atoms with van der Waals surface area (Å²) in [5.74, 6) is 0. The molecule has 15 heavy (non-hydrogen) atoms. The Labute approximate surface area is 97.3 Å². The van der Waals surface area contributed by atoms with Gasteiger partial charge in [0, 0.05) is 17.5 Å². The van der Waals surface area contributed by atoms with Crippen LogP contribution in [-0.2, 0) is 6.54 Å². The quantitative estimate of drug-likeness (QED) is 0.802. The van der Waals surface area contributed by atoms with E-state index in [0.717, 1.165) is 13.1 Å². The maximum Gasteiger partial charge on any atom is 0.0304 e. The highest BCUT2D eigenvalue weighted by atomic mass is 32.1. The summed E-state index contributed by atoms with van der Waals surface area (Å²) in [5, 5.41) is 5.73. The summed E-state index contributed by atoms with van der Waals surface area (Å²) >= 11 is 1.84. The Hall–Kier alpha value is -0.380. The van der Waals surface area contributed by atoms with Gasteiger partial charge in [-0.15, -0.1) is 11.3 Å². The van der Waals surface area contributed by atoms with Gasteiger partial charge in [-0.3, -0.25) is 0 Å². The minimum absolute atomic E-state index is 0.592. The first-order chi connectivity index (χ1) is 7.09. The summed E-state index contributed by atoms with van der Waals surface area (Å²) in [4.78, 5) is 3.70. The minimum Gasteiger partial charge on any atom is -0.309 e. The van der Waals surface area contributed by atoms with Gasteiger partial charge in [0.25, 0.3) is 0 Å². The first-order valence-corrected chi connectivity index (χ1v) is 6.38. The van der Waals surface area contributed by atoms with Crippen LogP contribution >= 0.6 is 11.3 Å². The first kappa shape index (κ1) is 12.7. The van der Waals surface area contributed by atoms with E-state index in [1.165, 1.54) is 16.9 Å². The Morgan fingerprint density at radius 2 is 2.20 bits per heavy atom. The molecule has 0 bridgehead atoms. The minimum atomic E-state index is 0.592. The molecule has 0 aromatic carbocycles. The molecular weight excluding hydrogens is 204 g/mol. The van der Waals surface area contributed by atoms with Crippen molar-refractivity contribution in [2.24, 2.45) is 0 Å². The molecule has 1 unspecified atom stereocenters. The molecule has 0 saturated heterocycles. The number of aryl methyl sites for hydroxylation is 1. The van der Waals surface area contributed by atoms with Crippen molar-refractivity contribution in [1.29, 1.82) is 0 Å². The van der Waals surface area contributed by atoms with Crippen molar-refractivity contribution in [3.8, 4) is 0 Å². The number of nitrogens with zero attached hydrogens (tertiary/aromatic N) is 1. The van der Waals surface area contributed by atoms with E-state index >= 15 is 0 Å². The monoisotopic (exact) mass is 226 g/mol. The fourth-order valence-electron chi connectivity index (χ4n) is 1.41. The van der Waals surface area contributed by atoms with Gasteiger partial charge in [0.1, 0.15) is 0 Å². The van der Waals surface area contributed by atoms with E-state index in [0.29, 0.717) is 6.04 Å². The second kappa shape index (κ2) is 6.26. The molecule has 2 nitrogen and oxygen atoms in total. The van der Waals surface area contributed by atoms with Crippen molar-refractivity contribution in [3.63, 3.8) is 0 Å². The number of hydrogen-bond donors (Lipinski definition) is 1. The van der Waals surface area contributed by atoms with Crippen molar-refractivity contribution >= 4 is 11.3 Å². The first-order valence-electron chi connectivity index (χ1n) is 5.50. The van der Waals surface area contributed by atoms with Crippen molar-refractivity contribution < 1.29 is 0 Å². The fourth-order valence-corrected chi connectivity index (χ4v) is 2.26. The zero-order valence-electron chi connectivity index (χ0n) is 10.2. The Bertz CT molecular complexity index is 281. The van der Waals surface area contributed by atoms with Crippen LogP contribution in [0, 0.1) is 6.92 Å². The molecule has 0 aliphatic carbocycles. The molecule has 86 valence electrons. The van der Waals surface area contributed by atoms with E-state index in [1.807, 2.05) is 11.3 Å². The smallest absolute Gasteiger partial charge is 0.0304 e. The van der Waals surface area contributed by atoms with Crippen molar-refractivity contribution in [2.45, 2.75) is 32.9 Å². The van der Waals surface area contributed by atoms with Crippen LogP contribution in [0.1, 0.15) is 23.8 Å². The van der Waals surface area contributed by atoms with Gasteiger partial charge in [0.15, 0.2) is 0 Å². The summed E-state index contributed by atoms with van der Waals surface area (Å²) in [6.45, 7) is 6.60. The lowest BCUT2D eigenvalue weighted by atomic mass is 10.2. The largest absolute Gasteiger partial charge is 0.309 e. The number of nitrogens with one attached hydrogen (secondary N) is 1. The molecule has 1 N–H and O–H groups in total. The lowest BCUT2D eigenvalue weighted by Gasteiger charge is -2.16. The van der Waals surface area contributed by atoms with Gasteiger partial charge >= 0.3 is 0 Å². The lowest BCUT2D eigenvalue weighted by molar-refractivity contribution is 0.366. The SMILES string of the molecule is Cc1ccsc1CNC(C)CCN(C)C. The zero-order chi connectivity index (χ0) is 11.3. The normalized spacial score (nSPS) is 13.4. The molecule has 0 amide bonds. The van der Waals surface area contributed by atoms with Gasteiger partial charge in [-0.05, 0) is 57.9 Å². The fraction of sp³-hybridized carbons (Fsp3) is 0.667. The highest BCUT2D eigenvalue weighted by molar-refractivity contribution is 7.10. The van der Waals surface area contributed by atoms with E-state index in [2.05, 4.69) is 49.6 Å². The molecule has 1 heterocycles. The summed E-state index contributed by atoms with van der Waals surface area (Å²) in [5.41, 5.74) is 1.41. The van der Waals surface area contributed by atoms with Crippen LogP contribution in [0.25, 0.3) is 0 Å². The van der Waals surface area contributed by atoms with Crippen molar-refractivity contribution in [1.82, 2.24) is 10.2 Å². The second-order valence-corrected chi connectivity index (χ2v) is 5.40. The predicted octanol–water partition coefficient (Wildman–Crippen LogP) is 2.49. The van der Waals surface area contributed by atoms with Crippen LogP contribution in [0.15, 0.2) is 11.4 Å². The summed E-state index contributed by atoms with van der Waals surface area (Å²) < 4.78 is 0. The van der Waals surface area contributed by atoms with Crippen molar-refractivity contribution in [3.05, 3.63) is 21.9 Å². The summed E-state index contributed by atoms with van der Waals surface area (Å²) in [7, 11) is 4.24. The van der Waals surface area contributed by atoms with Crippen LogP contribution < -0.4 is 5.32 Å². The summed E-state index contributed by atoms with van der Waals surface area (Å²) in [6, 6.07) is 2.78. The van der Waals surface area contributed by atoms with Gasteiger partial charge < -0.3 is 10.2 Å². The average molecular weight is 226 g/mol. The number of thiophene rings is 1. The Kier molecular flexibility index (Phi) is 5.29. The molecule has 0 saturated carbocycles. The molecule has 0 radical (unpaired) electrons. The highest BCUT2D eigenvalue weighted by Crippen LogP contribution is 2.15. The Balaban J connectivity index is 2.22. The number of hydrogen-bond acceptors (Lipinski definition) is 3. The molecule has 1 aromatic heterocycles. The second-order valence-electron chi connectivity index (χ2n) is 4.40. The topological polar surface area (TPSA) is 15.3 Å². The third kappa shape index (κ3) is 4.78. The molecule has 0 aliphatic rings. The summed E-state index contributed by atoms with van der Waals surface area (Å²) in [6.07, 6.45) is 1.21. The molecule has 1 atom stereocenters. The Morgan fingerprint density at radius 3 is 2.73 bits per heavy atom. The van der Waals surface area contributed by atoms with E-state index in [4.69, 9.17) is 0 Å². The maximum absolute atomic E-state index is 3.56. The molecule has 0 spiro atoms. The predicted molar refractivity (Wildman–Crippen MR) is 68.5 cm³/mol. The van der Waals surface area contributed by atoms with Gasteiger partial charge in [-0.1, -0.05) is 0 Å². The molecule has 0 fully saturated rings. The Morgan fingerprint density at radius 1 is 1.47 bits per heavy atom. The third-order valence-corrected chi connectivity index (χ3v) is 3.61. The zero-order valence-corrected chi connectivity index (χ0v) is 11.0. The maximum atomic E-state index is 3.56. The van der Waals surface area contributed by atoms with Gasteiger partial charge in [0.2, 0.25) is 0 Å². The highest BCUT2D eigenvalue weighted by Gasteiger charge is 2.04. The third-order valence-electron chi connectivity index (χ3n) is 2.59. The standard InChI is InChI=1S/C12H22N2S/c1-10-6-8-15-12(10)9-13-11(2)5-7-14(3)4/h6,8,11,13H,5,7,9H2,1-4H3. The molecule has 0 aliphatic heterocycles. The molecule has 1 aromatic rings. The van der Waals surface area contributed by atoms with E-state index in [9.17, 15) is 0 Å². The van der Waals surface area contributed by atoms with Gasteiger partial charge in [-0.2, -0.15) is 0 Å². The van der Waals surface area contributed by atoms with Gasteiger partial charge in [0.05, 0.1) is 0 Å². The van der Waals surface area contributed by atoms with Crippen LogP contribution in [0.5, 0.6) is 0 Å².